The van der Waals surface area contributed by atoms with E-state index < -0.39 is 0 Å². The molecule has 1 heterocycles. The normalized spacial score (nSPS) is 11.4. The highest BCUT2D eigenvalue weighted by molar-refractivity contribution is 6.34. The molecule has 0 bridgehead atoms. The van der Waals surface area contributed by atoms with Crippen LogP contribution in [0.4, 0.5) is 0 Å². The van der Waals surface area contributed by atoms with Gasteiger partial charge in [-0.05, 0) is 42.0 Å². The first-order chi connectivity index (χ1) is 11.1. The zero-order valence-corrected chi connectivity index (χ0v) is 13.2. The number of aromatic nitrogens is 2. The molecule has 23 heavy (non-hydrogen) atoms. The Morgan fingerprint density at radius 3 is 2.78 bits per heavy atom. The van der Waals surface area contributed by atoms with E-state index in [4.69, 9.17) is 23.2 Å². The number of allylic oxidation sites excluding steroid dienone is 1. The van der Waals surface area contributed by atoms with Gasteiger partial charge in [-0.25, -0.2) is 4.98 Å². The number of fused-ring (bicyclic) bond motifs is 1. The summed E-state index contributed by atoms with van der Waals surface area (Å²) >= 11 is 12.1. The summed E-state index contributed by atoms with van der Waals surface area (Å²) in [7, 11) is 0. The van der Waals surface area contributed by atoms with Gasteiger partial charge in [0.2, 0.25) is 0 Å². The van der Waals surface area contributed by atoms with E-state index >= 15 is 0 Å². The Bertz CT molecular complexity index is 1030. The van der Waals surface area contributed by atoms with Crippen LogP contribution in [0.1, 0.15) is 11.4 Å². The fourth-order valence-electron chi connectivity index (χ4n) is 2.15. The fourth-order valence-corrected chi connectivity index (χ4v) is 2.50. The number of H-pyrrole nitrogens is 1. The second-order valence-electron chi connectivity index (χ2n) is 4.77. The van der Waals surface area contributed by atoms with Gasteiger partial charge in [0.1, 0.15) is 6.07 Å². The molecule has 1 N–H and O–H groups in total. The maximum absolute atomic E-state index is 12.1. The first-order valence-corrected chi connectivity index (χ1v) is 7.40. The molecule has 0 aliphatic rings. The molecule has 0 atom stereocenters. The van der Waals surface area contributed by atoms with Crippen LogP contribution in [0.2, 0.25) is 10.0 Å². The Morgan fingerprint density at radius 2 is 2.00 bits per heavy atom. The predicted molar refractivity (Wildman–Crippen MR) is 92.3 cm³/mol. The van der Waals surface area contributed by atoms with E-state index in [-0.39, 0.29) is 17.0 Å². The van der Waals surface area contributed by atoms with Gasteiger partial charge >= 0.3 is 0 Å². The molecule has 0 radical (unpaired) electrons. The Morgan fingerprint density at radius 1 is 1.22 bits per heavy atom. The lowest BCUT2D eigenvalue weighted by Gasteiger charge is -2.03. The number of nitrogens with one attached hydrogen (secondary N) is 1. The summed E-state index contributed by atoms with van der Waals surface area (Å²) < 4.78 is 0. The number of aromatic amines is 1. The minimum absolute atomic E-state index is 0.187. The molecule has 0 aliphatic heterocycles. The summed E-state index contributed by atoms with van der Waals surface area (Å²) in [6, 6.07) is 13.9. The van der Waals surface area contributed by atoms with Crippen LogP contribution in [0.3, 0.4) is 0 Å². The van der Waals surface area contributed by atoms with Gasteiger partial charge in [-0.3, -0.25) is 4.79 Å². The third-order valence-corrected chi connectivity index (χ3v) is 3.83. The van der Waals surface area contributed by atoms with Crippen LogP contribution in [-0.2, 0) is 0 Å². The molecule has 2 aromatic carbocycles. The highest BCUT2D eigenvalue weighted by Gasteiger charge is 2.09. The summed E-state index contributed by atoms with van der Waals surface area (Å²) in [5, 5.41) is 10.8. The fraction of sp³-hybridized carbons (Fsp3) is 0. The lowest BCUT2D eigenvalue weighted by Crippen LogP contribution is -2.11. The molecule has 0 aliphatic carbocycles. The summed E-state index contributed by atoms with van der Waals surface area (Å²) in [6.07, 6.45) is 1.54. The van der Waals surface area contributed by atoms with Crippen molar-refractivity contribution >= 4 is 45.8 Å². The molecule has 1 aromatic heterocycles. The van der Waals surface area contributed by atoms with Gasteiger partial charge < -0.3 is 4.98 Å². The Labute approximate surface area is 141 Å². The van der Waals surface area contributed by atoms with Crippen LogP contribution in [0.15, 0.2) is 47.3 Å². The molecule has 4 nitrogen and oxygen atoms in total. The average molecular weight is 342 g/mol. The van der Waals surface area contributed by atoms with Gasteiger partial charge in [-0.15, -0.1) is 0 Å². The number of hydrogen-bond donors (Lipinski definition) is 1. The van der Waals surface area contributed by atoms with Crippen molar-refractivity contribution in [2.45, 2.75) is 0 Å². The number of halogens is 2. The quantitative estimate of drug-likeness (QED) is 0.706. The van der Waals surface area contributed by atoms with Crippen molar-refractivity contribution in [3.63, 3.8) is 0 Å². The molecule has 3 aromatic rings. The molecule has 112 valence electrons. The molecular weight excluding hydrogens is 333 g/mol. The number of benzene rings is 2. The van der Waals surface area contributed by atoms with Crippen LogP contribution in [0, 0.1) is 11.3 Å². The molecule has 0 amide bonds. The second-order valence-corrected chi connectivity index (χ2v) is 5.61. The topological polar surface area (TPSA) is 69.5 Å². The first kappa shape index (κ1) is 15.3. The third-order valence-electron chi connectivity index (χ3n) is 3.25. The number of nitrogens with zero attached hydrogens (tertiary/aromatic N) is 2. The third kappa shape index (κ3) is 3.11. The average Bonchev–Trinajstić information content (AvgIpc) is 2.55. The number of hydrogen-bond acceptors (Lipinski definition) is 3. The molecule has 6 heteroatoms. The summed E-state index contributed by atoms with van der Waals surface area (Å²) in [5.74, 6) is 0.187. The largest absolute Gasteiger partial charge is 0.305 e. The monoisotopic (exact) mass is 341 g/mol. The molecule has 0 fully saturated rings. The van der Waals surface area contributed by atoms with Crippen molar-refractivity contribution in [1.29, 1.82) is 5.26 Å². The minimum atomic E-state index is -0.302. The van der Waals surface area contributed by atoms with Crippen LogP contribution >= 0.6 is 23.2 Å². The number of nitriles is 1. The predicted octanol–water partition coefficient (Wildman–Crippen LogP) is 4.29. The first-order valence-electron chi connectivity index (χ1n) is 6.65. The molecule has 0 saturated carbocycles. The van der Waals surface area contributed by atoms with Crippen molar-refractivity contribution < 1.29 is 0 Å². The van der Waals surface area contributed by atoms with E-state index in [9.17, 15) is 10.1 Å². The highest BCUT2D eigenvalue weighted by atomic mass is 35.5. The number of para-hydroxylation sites is 1. The van der Waals surface area contributed by atoms with Gasteiger partial charge in [0.15, 0.2) is 5.82 Å². The van der Waals surface area contributed by atoms with Crippen molar-refractivity contribution in [2.24, 2.45) is 0 Å². The van der Waals surface area contributed by atoms with Gasteiger partial charge in [0.05, 0.1) is 16.5 Å². The zero-order valence-electron chi connectivity index (χ0n) is 11.7. The molecule has 3 rings (SSSR count). The lowest BCUT2D eigenvalue weighted by molar-refractivity contribution is 1.13. The van der Waals surface area contributed by atoms with Crippen LogP contribution in [-0.4, -0.2) is 9.97 Å². The van der Waals surface area contributed by atoms with E-state index in [1.165, 1.54) is 0 Å². The second kappa shape index (κ2) is 6.25. The van der Waals surface area contributed by atoms with E-state index in [2.05, 4.69) is 9.97 Å². The summed E-state index contributed by atoms with van der Waals surface area (Å²) in [5.41, 5.74) is 0.983. The van der Waals surface area contributed by atoms with Crippen molar-refractivity contribution in [3.8, 4) is 6.07 Å². The van der Waals surface area contributed by atoms with E-state index in [0.29, 0.717) is 26.5 Å². The Kier molecular flexibility index (Phi) is 4.16. The van der Waals surface area contributed by atoms with Crippen molar-refractivity contribution in [3.05, 3.63) is 74.3 Å². The van der Waals surface area contributed by atoms with Crippen LogP contribution < -0.4 is 5.56 Å². The Balaban J connectivity index is 2.19. The van der Waals surface area contributed by atoms with Crippen molar-refractivity contribution in [2.75, 3.05) is 0 Å². The molecular formula is C17H9Cl2N3O. The smallest absolute Gasteiger partial charge is 0.259 e. The maximum Gasteiger partial charge on any atom is 0.259 e. The Hall–Kier alpha value is -2.61. The van der Waals surface area contributed by atoms with Gasteiger partial charge in [-0.1, -0.05) is 35.3 Å². The van der Waals surface area contributed by atoms with Gasteiger partial charge in [0, 0.05) is 10.0 Å². The minimum Gasteiger partial charge on any atom is -0.305 e. The standard InChI is InChI=1S/C17H9Cl2N3O/c18-12-5-6-14(19)10(8-12)7-11(9-20)16-21-15-4-2-1-3-13(15)17(23)22-16/h1-8H,(H,21,22,23). The highest BCUT2D eigenvalue weighted by Crippen LogP contribution is 2.25. The summed E-state index contributed by atoms with van der Waals surface area (Å²) in [6.45, 7) is 0. The van der Waals surface area contributed by atoms with Crippen LogP contribution in [0.25, 0.3) is 22.6 Å². The van der Waals surface area contributed by atoms with E-state index in [0.717, 1.165) is 0 Å². The SMILES string of the molecule is N#CC(=Cc1cc(Cl)ccc1Cl)c1nc2ccccc2c(=O)[nH]1. The lowest BCUT2D eigenvalue weighted by atomic mass is 10.1. The van der Waals surface area contributed by atoms with E-state index in [1.54, 1.807) is 48.5 Å². The summed E-state index contributed by atoms with van der Waals surface area (Å²) in [4.78, 5) is 19.1. The zero-order chi connectivity index (χ0) is 16.4. The number of rotatable bonds is 2. The molecule has 0 spiro atoms. The van der Waals surface area contributed by atoms with Crippen LogP contribution in [0.5, 0.6) is 0 Å². The van der Waals surface area contributed by atoms with Gasteiger partial charge in [0.25, 0.3) is 5.56 Å². The molecule has 0 unspecified atom stereocenters. The van der Waals surface area contributed by atoms with Crippen molar-refractivity contribution in [1.82, 2.24) is 9.97 Å². The van der Waals surface area contributed by atoms with Gasteiger partial charge in [-0.2, -0.15) is 5.26 Å². The molecule has 0 saturated heterocycles. The maximum atomic E-state index is 12.1. The van der Waals surface area contributed by atoms with E-state index in [1.807, 2.05) is 6.07 Å².